The standard InChI is InChI=1S/C11H9N3S/c1-8-13-9-4-2-6-12-11(9)14(8)10-5-3-7-15-10/h2-7H,1H3. The van der Waals surface area contributed by atoms with Crippen molar-refractivity contribution < 1.29 is 0 Å². The van der Waals surface area contributed by atoms with Gasteiger partial charge in [0.15, 0.2) is 5.65 Å². The maximum atomic E-state index is 4.48. The van der Waals surface area contributed by atoms with Crippen molar-refractivity contribution in [1.82, 2.24) is 14.5 Å². The lowest BCUT2D eigenvalue weighted by Gasteiger charge is -2.00. The Morgan fingerprint density at radius 1 is 1.27 bits per heavy atom. The number of hydrogen-bond acceptors (Lipinski definition) is 3. The van der Waals surface area contributed by atoms with Gasteiger partial charge in [0.2, 0.25) is 0 Å². The summed E-state index contributed by atoms with van der Waals surface area (Å²) in [5.74, 6) is 0.978. The quantitative estimate of drug-likeness (QED) is 0.625. The van der Waals surface area contributed by atoms with Gasteiger partial charge in [0.25, 0.3) is 0 Å². The van der Waals surface area contributed by atoms with Crippen LogP contribution >= 0.6 is 11.3 Å². The molecule has 3 aromatic heterocycles. The van der Waals surface area contributed by atoms with Crippen LogP contribution in [0.4, 0.5) is 0 Å². The monoisotopic (exact) mass is 215 g/mol. The predicted molar refractivity (Wildman–Crippen MR) is 61.5 cm³/mol. The summed E-state index contributed by atoms with van der Waals surface area (Å²) in [4.78, 5) is 8.84. The Morgan fingerprint density at radius 2 is 2.20 bits per heavy atom. The first-order valence-corrected chi connectivity index (χ1v) is 5.58. The lowest BCUT2D eigenvalue weighted by atomic mass is 10.4. The summed E-state index contributed by atoms with van der Waals surface area (Å²) in [7, 11) is 0. The largest absolute Gasteiger partial charge is 0.272 e. The SMILES string of the molecule is Cc1nc2cccnc2n1-c1cccs1. The van der Waals surface area contributed by atoms with Crippen molar-refractivity contribution >= 4 is 22.5 Å². The Labute approximate surface area is 91.0 Å². The minimum absolute atomic E-state index is 0.928. The number of aryl methyl sites for hydroxylation is 1. The molecule has 0 radical (unpaired) electrons. The number of pyridine rings is 1. The average Bonchev–Trinajstić information content (AvgIpc) is 2.82. The molecule has 0 saturated carbocycles. The van der Waals surface area contributed by atoms with Crippen LogP contribution in [0.5, 0.6) is 0 Å². The molecule has 0 amide bonds. The number of aromatic nitrogens is 3. The molecule has 3 aromatic rings. The van der Waals surface area contributed by atoms with E-state index in [1.165, 1.54) is 0 Å². The summed E-state index contributed by atoms with van der Waals surface area (Å²) in [5.41, 5.74) is 1.88. The van der Waals surface area contributed by atoms with E-state index in [1.54, 1.807) is 17.5 Å². The lowest BCUT2D eigenvalue weighted by molar-refractivity contribution is 1.01. The molecule has 0 unspecified atom stereocenters. The van der Waals surface area contributed by atoms with Gasteiger partial charge in [-0.1, -0.05) is 0 Å². The summed E-state index contributed by atoms with van der Waals surface area (Å²) in [5, 5.41) is 3.22. The second-order valence-corrected chi connectivity index (χ2v) is 4.22. The van der Waals surface area contributed by atoms with Crippen LogP contribution in [0.2, 0.25) is 0 Å². The Kier molecular flexibility index (Phi) is 1.82. The number of nitrogens with zero attached hydrogens (tertiary/aromatic N) is 3. The molecule has 0 atom stereocenters. The molecule has 4 heteroatoms. The Morgan fingerprint density at radius 3 is 3.00 bits per heavy atom. The molecule has 0 fully saturated rings. The fourth-order valence-corrected chi connectivity index (χ4v) is 2.46. The van der Waals surface area contributed by atoms with Gasteiger partial charge < -0.3 is 0 Å². The van der Waals surface area contributed by atoms with Crippen LogP contribution in [0.3, 0.4) is 0 Å². The second kappa shape index (κ2) is 3.17. The summed E-state index contributed by atoms with van der Waals surface area (Å²) < 4.78 is 2.08. The van der Waals surface area contributed by atoms with Gasteiger partial charge in [-0.15, -0.1) is 11.3 Å². The third-order valence-electron chi connectivity index (χ3n) is 2.31. The smallest absolute Gasteiger partial charge is 0.165 e. The average molecular weight is 215 g/mol. The Hall–Kier alpha value is -1.68. The lowest BCUT2D eigenvalue weighted by Crippen LogP contribution is -1.94. The maximum absolute atomic E-state index is 4.48. The number of imidazole rings is 1. The molecule has 3 nitrogen and oxygen atoms in total. The third-order valence-corrected chi connectivity index (χ3v) is 3.16. The molecule has 74 valence electrons. The van der Waals surface area contributed by atoms with E-state index in [2.05, 4.69) is 26.0 Å². The fraction of sp³-hybridized carbons (Fsp3) is 0.0909. The molecular formula is C11H9N3S. The molecule has 0 spiro atoms. The zero-order chi connectivity index (χ0) is 10.3. The summed E-state index contributed by atoms with van der Waals surface area (Å²) in [6.45, 7) is 2.00. The molecule has 3 heterocycles. The van der Waals surface area contributed by atoms with Gasteiger partial charge in [-0.3, -0.25) is 4.57 Å². The van der Waals surface area contributed by atoms with E-state index in [0.717, 1.165) is 22.0 Å². The van der Waals surface area contributed by atoms with Crippen molar-refractivity contribution in [3.05, 3.63) is 41.7 Å². The van der Waals surface area contributed by atoms with E-state index < -0.39 is 0 Å². The first-order chi connectivity index (χ1) is 7.36. The van der Waals surface area contributed by atoms with E-state index in [4.69, 9.17) is 0 Å². The van der Waals surface area contributed by atoms with Crippen molar-refractivity contribution in [1.29, 1.82) is 0 Å². The molecular weight excluding hydrogens is 206 g/mol. The summed E-state index contributed by atoms with van der Waals surface area (Å²) >= 11 is 1.69. The van der Waals surface area contributed by atoms with E-state index >= 15 is 0 Å². The molecule has 0 N–H and O–H groups in total. The van der Waals surface area contributed by atoms with Gasteiger partial charge in [0.1, 0.15) is 16.3 Å². The maximum Gasteiger partial charge on any atom is 0.165 e. The van der Waals surface area contributed by atoms with Gasteiger partial charge in [-0.2, -0.15) is 0 Å². The molecule has 0 bridgehead atoms. The van der Waals surface area contributed by atoms with Crippen LogP contribution in [0, 0.1) is 6.92 Å². The molecule has 0 aliphatic carbocycles. The first kappa shape index (κ1) is 8.61. The second-order valence-electron chi connectivity index (χ2n) is 3.29. The van der Waals surface area contributed by atoms with Gasteiger partial charge in [-0.25, -0.2) is 9.97 Å². The van der Waals surface area contributed by atoms with Crippen LogP contribution < -0.4 is 0 Å². The van der Waals surface area contributed by atoms with E-state index in [0.29, 0.717) is 0 Å². The number of rotatable bonds is 1. The van der Waals surface area contributed by atoms with Crippen molar-refractivity contribution in [3.8, 4) is 5.00 Å². The van der Waals surface area contributed by atoms with Gasteiger partial charge in [-0.05, 0) is 36.6 Å². The molecule has 3 rings (SSSR count). The van der Waals surface area contributed by atoms with Crippen molar-refractivity contribution in [2.24, 2.45) is 0 Å². The molecule has 0 aromatic carbocycles. The van der Waals surface area contributed by atoms with E-state index in [-0.39, 0.29) is 0 Å². The minimum atomic E-state index is 0.928. The highest BCUT2D eigenvalue weighted by atomic mass is 32.1. The molecule has 0 aliphatic heterocycles. The van der Waals surface area contributed by atoms with E-state index in [1.807, 2.05) is 25.1 Å². The third kappa shape index (κ3) is 1.26. The number of hydrogen-bond donors (Lipinski definition) is 0. The van der Waals surface area contributed by atoms with Gasteiger partial charge >= 0.3 is 0 Å². The minimum Gasteiger partial charge on any atom is -0.272 e. The highest BCUT2D eigenvalue weighted by Crippen LogP contribution is 2.22. The van der Waals surface area contributed by atoms with Crippen LogP contribution in [0.25, 0.3) is 16.2 Å². The highest BCUT2D eigenvalue weighted by Gasteiger charge is 2.09. The Bertz CT molecular complexity index is 595. The summed E-state index contributed by atoms with van der Waals surface area (Å²) in [6.07, 6.45) is 1.80. The molecule has 0 aliphatic rings. The zero-order valence-electron chi connectivity index (χ0n) is 8.21. The van der Waals surface area contributed by atoms with Crippen molar-refractivity contribution in [2.45, 2.75) is 6.92 Å². The zero-order valence-corrected chi connectivity index (χ0v) is 9.03. The van der Waals surface area contributed by atoms with Crippen molar-refractivity contribution in [2.75, 3.05) is 0 Å². The fourth-order valence-electron chi connectivity index (χ4n) is 1.69. The number of fused-ring (bicyclic) bond motifs is 1. The van der Waals surface area contributed by atoms with Crippen LogP contribution in [-0.2, 0) is 0 Å². The van der Waals surface area contributed by atoms with Crippen LogP contribution in [0.1, 0.15) is 5.82 Å². The van der Waals surface area contributed by atoms with Crippen molar-refractivity contribution in [3.63, 3.8) is 0 Å². The van der Waals surface area contributed by atoms with Crippen LogP contribution in [0.15, 0.2) is 35.8 Å². The van der Waals surface area contributed by atoms with E-state index in [9.17, 15) is 0 Å². The topological polar surface area (TPSA) is 30.7 Å². The van der Waals surface area contributed by atoms with Gasteiger partial charge in [0, 0.05) is 6.20 Å². The van der Waals surface area contributed by atoms with Crippen LogP contribution in [-0.4, -0.2) is 14.5 Å². The summed E-state index contributed by atoms with van der Waals surface area (Å²) in [6, 6.07) is 8.01. The molecule has 0 saturated heterocycles. The number of thiophene rings is 1. The highest BCUT2D eigenvalue weighted by molar-refractivity contribution is 7.12. The first-order valence-electron chi connectivity index (χ1n) is 4.70. The predicted octanol–water partition coefficient (Wildman–Crippen LogP) is 2.79. The van der Waals surface area contributed by atoms with Gasteiger partial charge in [0.05, 0.1) is 0 Å². The molecule has 15 heavy (non-hydrogen) atoms. The normalized spacial score (nSPS) is 11.0. The Balaban J connectivity index is 2.39.